The van der Waals surface area contributed by atoms with E-state index in [4.69, 9.17) is 10.5 Å². The van der Waals surface area contributed by atoms with Crippen molar-refractivity contribution in [3.8, 4) is 0 Å². The second-order valence-electron chi connectivity index (χ2n) is 5.53. The summed E-state index contributed by atoms with van der Waals surface area (Å²) in [6.45, 7) is 6.65. The molecule has 2 rings (SSSR count). The Morgan fingerprint density at radius 3 is 3.00 bits per heavy atom. The van der Waals surface area contributed by atoms with Gasteiger partial charge < -0.3 is 15.4 Å². The van der Waals surface area contributed by atoms with Crippen LogP contribution >= 0.6 is 12.6 Å². The zero-order valence-corrected chi connectivity index (χ0v) is 13.2. The summed E-state index contributed by atoms with van der Waals surface area (Å²) in [4.78, 5) is 14.8. The summed E-state index contributed by atoms with van der Waals surface area (Å²) < 4.78 is 5.21. The largest absolute Gasteiger partial charge is 0.445 e. The summed E-state index contributed by atoms with van der Waals surface area (Å²) in [7, 11) is 0. The van der Waals surface area contributed by atoms with E-state index >= 15 is 0 Å². The number of thiol groups is 1. The van der Waals surface area contributed by atoms with Crippen LogP contribution in [0.1, 0.15) is 31.4 Å². The SMILES string of the molecule is C=CCOC(=O)N1C[C@@H](C)CC[C@@H]1c1ccc(S)c(N)c1. The number of amides is 1. The Kier molecular flexibility index (Phi) is 5.17. The highest BCUT2D eigenvalue weighted by Crippen LogP contribution is 2.35. The predicted molar refractivity (Wildman–Crippen MR) is 87.5 cm³/mol. The van der Waals surface area contributed by atoms with Crippen molar-refractivity contribution in [2.45, 2.75) is 30.7 Å². The van der Waals surface area contributed by atoms with Crippen molar-refractivity contribution in [2.75, 3.05) is 18.9 Å². The Morgan fingerprint density at radius 1 is 1.57 bits per heavy atom. The molecule has 2 atom stereocenters. The highest BCUT2D eigenvalue weighted by molar-refractivity contribution is 7.80. The van der Waals surface area contributed by atoms with Gasteiger partial charge in [0.2, 0.25) is 0 Å². The van der Waals surface area contributed by atoms with E-state index in [1.165, 1.54) is 0 Å². The van der Waals surface area contributed by atoms with E-state index in [1.54, 1.807) is 11.0 Å². The molecule has 0 saturated carbocycles. The summed E-state index contributed by atoms with van der Waals surface area (Å²) >= 11 is 4.29. The summed E-state index contributed by atoms with van der Waals surface area (Å²) in [6, 6.07) is 5.76. The van der Waals surface area contributed by atoms with Gasteiger partial charge in [0.1, 0.15) is 6.61 Å². The number of hydrogen-bond donors (Lipinski definition) is 2. The van der Waals surface area contributed by atoms with Gasteiger partial charge in [-0.25, -0.2) is 4.79 Å². The molecule has 1 fully saturated rings. The molecule has 0 spiro atoms. The lowest BCUT2D eigenvalue weighted by Crippen LogP contribution is -2.42. The fraction of sp³-hybridized carbons (Fsp3) is 0.438. The number of hydrogen-bond acceptors (Lipinski definition) is 4. The number of nitrogen functional groups attached to an aromatic ring is 1. The third kappa shape index (κ3) is 3.73. The van der Waals surface area contributed by atoms with Crippen LogP contribution in [0.15, 0.2) is 35.7 Å². The van der Waals surface area contributed by atoms with Crippen molar-refractivity contribution in [3.63, 3.8) is 0 Å². The van der Waals surface area contributed by atoms with Crippen LogP contribution in [0.5, 0.6) is 0 Å². The number of likely N-dealkylation sites (tertiary alicyclic amines) is 1. The van der Waals surface area contributed by atoms with Gasteiger partial charge in [-0.15, -0.1) is 12.6 Å². The third-order valence-electron chi connectivity index (χ3n) is 3.81. The first-order chi connectivity index (χ1) is 10.0. The molecule has 1 saturated heterocycles. The van der Waals surface area contributed by atoms with Crippen molar-refractivity contribution in [3.05, 3.63) is 36.4 Å². The van der Waals surface area contributed by atoms with E-state index < -0.39 is 0 Å². The lowest BCUT2D eigenvalue weighted by molar-refractivity contribution is 0.0677. The minimum absolute atomic E-state index is 0.00903. The molecule has 5 heteroatoms. The molecule has 0 unspecified atom stereocenters. The summed E-state index contributed by atoms with van der Waals surface area (Å²) in [5.74, 6) is 0.471. The Morgan fingerprint density at radius 2 is 2.33 bits per heavy atom. The molecule has 1 aliphatic rings. The molecule has 21 heavy (non-hydrogen) atoms. The maximum atomic E-state index is 12.2. The zero-order chi connectivity index (χ0) is 15.4. The molecule has 0 radical (unpaired) electrons. The van der Waals surface area contributed by atoms with Crippen LogP contribution in [0.3, 0.4) is 0 Å². The van der Waals surface area contributed by atoms with E-state index in [9.17, 15) is 4.79 Å². The van der Waals surface area contributed by atoms with Crippen LogP contribution in [0, 0.1) is 5.92 Å². The van der Waals surface area contributed by atoms with Gasteiger partial charge in [-0.2, -0.15) is 0 Å². The van der Waals surface area contributed by atoms with Crippen molar-refractivity contribution in [2.24, 2.45) is 5.92 Å². The Hall–Kier alpha value is -1.62. The molecule has 1 aromatic carbocycles. The highest BCUT2D eigenvalue weighted by atomic mass is 32.1. The second kappa shape index (κ2) is 6.89. The van der Waals surface area contributed by atoms with E-state index in [2.05, 4.69) is 26.1 Å². The summed E-state index contributed by atoms with van der Waals surface area (Å²) in [6.07, 6.45) is 3.28. The van der Waals surface area contributed by atoms with E-state index in [0.717, 1.165) is 23.3 Å². The molecule has 1 aromatic rings. The van der Waals surface area contributed by atoms with E-state index in [0.29, 0.717) is 18.2 Å². The monoisotopic (exact) mass is 306 g/mol. The topological polar surface area (TPSA) is 55.6 Å². The van der Waals surface area contributed by atoms with Gasteiger partial charge in [0.15, 0.2) is 0 Å². The predicted octanol–water partition coefficient (Wildman–Crippen LogP) is 3.65. The summed E-state index contributed by atoms with van der Waals surface area (Å²) in [5.41, 5.74) is 7.60. The number of piperidine rings is 1. The van der Waals surface area contributed by atoms with Crippen molar-refractivity contribution in [1.82, 2.24) is 4.90 Å². The van der Waals surface area contributed by atoms with Crippen LogP contribution in [0.25, 0.3) is 0 Å². The Bertz CT molecular complexity index is 533. The maximum Gasteiger partial charge on any atom is 0.410 e. The van der Waals surface area contributed by atoms with Crippen LogP contribution in [-0.2, 0) is 4.74 Å². The first-order valence-corrected chi connectivity index (χ1v) is 7.60. The van der Waals surface area contributed by atoms with Crippen molar-refractivity contribution < 1.29 is 9.53 Å². The van der Waals surface area contributed by atoms with Gasteiger partial charge in [-0.05, 0) is 36.5 Å². The standard InChI is InChI=1S/C16H22N2O2S/c1-3-8-20-16(19)18-10-11(2)4-6-14(18)12-5-7-15(21)13(17)9-12/h3,5,7,9,11,14,21H,1,4,6,8,10,17H2,2H3/t11-,14+/m0/s1. The number of carbonyl (C=O) groups is 1. The molecule has 0 aliphatic carbocycles. The summed E-state index contributed by atoms with van der Waals surface area (Å²) in [5, 5.41) is 0. The second-order valence-corrected chi connectivity index (χ2v) is 6.02. The number of anilines is 1. The minimum Gasteiger partial charge on any atom is -0.445 e. The minimum atomic E-state index is -0.292. The average molecular weight is 306 g/mol. The number of carbonyl (C=O) groups excluding carboxylic acids is 1. The molecule has 2 N–H and O–H groups in total. The maximum absolute atomic E-state index is 12.2. The molecule has 4 nitrogen and oxygen atoms in total. The third-order valence-corrected chi connectivity index (χ3v) is 4.22. The van der Waals surface area contributed by atoms with Crippen LogP contribution in [0.2, 0.25) is 0 Å². The molecular weight excluding hydrogens is 284 g/mol. The van der Waals surface area contributed by atoms with E-state index in [1.807, 2.05) is 18.2 Å². The molecule has 1 heterocycles. The lowest BCUT2D eigenvalue weighted by Gasteiger charge is -2.38. The van der Waals surface area contributed by atoms with Gasteiger partial charge in [0, 0.05) is 17.1 Å². The quantitative estimate of drug-likeness (QED) is 0.509. The van der Waals surface area contributed by atoms with Gasteiger partial charge in [-0.1, -0.05) is 25.6 Å². The number of rotatable bonds is 3. The molecular formula is C16H22N2O2S. The number of ether oxygens (including phenoxy) is 1. The number of nitrogens with two attached hydrogens (primary N) is 1. The van der Waals surface area contributed by atoms with Crippen LogP contribution < -0.4 is 5.73 Å². The zero-order valence-electron chi connectivity index (χ0n) is 12.3. The van der Waals surface area contributed by atoms with Crippen LogP contribution in [-0.4, -0.2) is 24.1 Å². The number of nitrogens with zero attached hydrogens (tertiary/aromatic N) is 1. The molecule has 114 valence electrons. The fourth-order valence-electron chi connectivity index (χ4n) is 2.69. The smallest absolute Gasteiger partial charge is 0.410 e. The van der Waals surface area contributed by atoms with Gasteiger partial charge in [-0.3, -0.25) is 0 Å². The van der Waals surface area contributed by atoms with E-state index in [-0.39, 0.29) is 18.7 Å². The molecule has 0 aromatic heterocycles. The first-order valence-electron chi connectivity index (χ1n) is 7.15. The van der Waals surface area contributed by atoms with Gasteiger partial charge in [0.25, 0.3) is 0 Å². The molecule has 1 aliphatic heterocycles. The van der Waals surface area contributed by atoms with Crippen molar-refractivity contribution >= 4 is 24.4 Å². The first kappa shape index (κ1) is 15.8. The molecule has 1 amide bonds. The van der Waals surface area contributed by atoms with Gasteiger partial charge >= 0.3 is 6.09 Å². The number of benzene rings is 1. The van der Waals surface area contributed by atoms with Crippen LogP contribution in [0.4, 0.5) is 10.5 Å². The van der Waals surface area contributed by atoms with Gasteiger partial charge in [0.05, 0.1) is 6.04 Å². The molecule has 0 bridgehead atoms. The lowest BCUT2D eigenvalue weighted by atomic mass is 9.90. The average Bonchev–Trinajstić information content (AvgIpc) is 2.47. The highest BCUT2D eigenvalue weighted by Gasteiger charge is 2.32. The Labute approximate surface area is 131 Å². The fourth-order valence-corrected chi connectivity index (χ4v) is 2.83. The normalized spacial score (nSPS) is 21.9. The van der Waals surface area contributed by atoms with Crippen molar-refractivity contribution in [1.29, 1.82) is 0 Å². The Balaban J connectivity index is 2.22.